The number of pyridine rings is 1. The van der Waals surface area contributed by atoms with Crippen molar-refractivity contribution in [2.75, 3.05) is 17.2 Å². The molecule has 0 aliphatic carbocycles. The van der Waals surface area contributed by atoms with E-state index in [1.165, 1.54) is 12.4 Å². The third-order valence-corrected chi connectivity index (χ3v) is 4.54. The molecule has 2 aromatic carbocycles. The van der Waals surface area contributed by atoms with Gasteiger partial charge in [0.1, 0.15) is 6.33 Å². The van der Waals surface area contributed by atoms with Crippen LogP contribution in [0.1, 0.15) is 17.3 Å². The summed E-state index contributed by atoms with van der Waals surface area (Å²) in [5, 5.41) is 18.6. The highest BCUT2D eigenvalue weighted by Gasteiger charge is 2.24. The van der Waals surface area contributed by atoms with Crippen molar-refractivity contribution < 1.29 is 14.5 Å². The molecule has 0 radical (unpaired) electrons. The van der Waals surface area contributed by atoms with E-state index in [9.17, 15) is 14.9 Å². The maximum atomic E-state index is 12.0. The molecule has 0 bridgehead atoms. The highest BCUT2D eigenvalue weighted by molar-refractivity contribution is 5.94. The van der Waals surface area contributed by atoms with Gasteiger partial charge in [-0.2, -0.15) is 0 Å². The van der Waals surface area contributed by atoms with Gasteiger partial charge in [-0.05, 0) is 49.4 Å². The van der Waals surface area contributed by atoms with Gasteiger partial charge in [0.05, 0.1) is 22.6 Å². The summed E-state index contributed by atoms with van der Waals surface area (Å²) in [4.78, 5) is 35.7. The highest BCUT2D eigenvalue weighted by Crippen LogP contribution is 2.34. The van der Waals surface area contributed by atoms with Crippen LogP contribution < -0.4 is 10.6 Å². The summed E-state index contributed by atoms with van der Waals surface area (Å²) < 4.78 is 5.00. The molecular formula is C22H18N6O4. The molecule has 160 valence electrons. The largest absolute Gasteiger partial charge is 0.462 e. The number of ether oxygens (including phenoxy) is 1. The fraction of sp³-hybridized carbons (Fsp3) is 0.0909. The lowest BCUT2D eigenvalue weighted by Crippen LogP contribution is -2.07. The fourth-order valence-corrected chi connectivity index (χ4v) is 3.15. The maximum Gasteiger partial charge on any atom is 0.353 e. The first kappa shape index (κ1) is 20.7. The number of hydrogen-bond acceptors (Lipinski definition) is 9. The van der Waals surface area contributed by atoms with E-state index in [2.05, 4.69) is 25.6 Å². The molecule has 0 saturated carbocycles. The third kappa shape index (κ3) is 4.29. The van der Waals surface area contributed by atoms with Crippen molar-refractivity contribution in [1.29, 1.82) is 0 Å². The Labute approximate surface area is 182 Å². The van der Waals surface area contributed by atoms with E-state index < -0.39 is 10.9 Å². The van der Waals surface area contributed by atoms with Crippen LogP contribution in [0.5, 0.6) is 0 Å². The molecule has 4 aromatic rings. The van der Waals surface area contributed by atoms with Crippen LogP contribution in [0.25, 0.3) is 10.9 Å². The van der Waals surface area contributed by atoms with Gasteiger partial charge < -0.3 is 15.4 Å². The molecule has 2 aromatic heterocycles. The van der Waals surface area contributed by atoms with E-state index in [1.807, 2.05) is 12.1 Å². The topological polar surface area (TPSA) is 132 Å². The number of esters is 1. The molecule has 0 aliphatic heterocycles. The average Bonchev–Trinajstić information content (AvgIpc) is 2.80. The first-order chi connectivity index (χ1) is 15.6. The summed E-state index contributed by atoms with van der Waals surface area (Å²) in [5.74, 6) is -0.488. The Morgan fingerprint density at radius 3 is 2.59 bits per heavy atom. The first-order valence-corrected chi connectivity index (χ1v) is 9.71. The lowest BCUT2D eigenvalue weighted by atomic mass is 10.2. The quantitative estimate of drug-likeness (QED) is 0.245. The Morgan fingerprint density at radius 1 is 1.03 bits per heavy atom. The number of nitrogens with one attached hydrogen (secondary N) is 2. The molecule has 0 atom stereocenters. The van der Waals surface area contributed by atoms with Crippen LogP contribution in [0, 0.1) is 10.1 Å². The molecule has 0 aliphatic rings. The third-order valence-electron chi connectivity index (χ3n) is 4.54. The van der Waals surface area contributed by atoms with Gasteiger partial charge in [0.2, 0.25) is 11.6 Å². The molecule has 0 fully saturated rings. The van der Waals surface area contributed by atoms with Crippen molar-refractivity contribution in [2.45, 2.75) is 6.92 Å². The lowest BCUT2D eigenvalue weighted by molar-refractivity contribution is -0.383. The number of hydrogen-bond donors (Lipinski definition) is 2. The van der Waals surface area contributed by atoms with Gasteiger partial charge >= 0.3 is 11.7 Å². The average molecular weight is 430 g/mol. The Balaban J connectivity index is 1.70. The molecular weight excluding hydrogens is 412 g/mol. The SMILES string of the molecule is CCOC(=O)c1cccc(Nc2ncnc(Nc3cccc4ncccc34)c2[N+](=O)[O-])c1. The Bertz CT molecular complexity index is 1310. The predicted molar refractivity (Wildman–Crippen MR) is 119 cm³/mol. The van der Waals surface area contributed by atoms with Crippen molar-refractivity contribution in [2.24, 2.45) is 0 Å². The van der Waals surface area contributed by atoms with Crippen LogP contribution in [0.15, 0.2) is 67.1 Å². The molecule has 2 heterocycles. The van der Waals surface area contributed by atoms with Crippen molar-refractivity contribution in [3.63, 3.8) is 0 Å². The van der Waals surface area contributed by atoms with Gasteiger partial charge in [0.15, 0.2) is 0 Å². The summed E-state index contributed by atoms with van der Waals surface area (Å²) in [6, 6.07) is 15.5. The van der Waals surface area contributed by atoms with E-state index in [4.69, 9.17) is 4.74 Å². The number of benzene rings is 2. The first-order valence-electron chi connectivity index (χ1n) is 9.71. The smallest absolute Gasteiger partial charge is 0.353 e. The monoisotopic (exact) mass is 430 g/mol. The number of rotatable bonds is 7. The van der Waals surface area contributed by atoms with Crippen molar-refractivity contribution >= 4 is 45.6 Å². The Hall–Kier alpha value is -4.60. The zero-order valence-corrected chi connectivity index (χ0v) is 17.0. The second kappa shape index (κ2) is 9.04. The van der Waals surface area contributed by atoms with Crippen LogP contribution >= 0.6 is 0 Å². The van der Waals surface area contributed by atoms with E-state index in [1.54, 1.807) is 49.5 Å². The van der Waals surface area contributed by atoms with Gasteiger partial charge in [0, 0.05) is 23.0 Å². The van der Waals surface area contributed by atoms with Crippen molar-refractivity contribution in [3.05, 3.63) is 82.8 Å². The molecule has 4 rings (SSSR count). The zero-order valence-electron chi connectivity index (χ0n) is 17.0. The Kier molecular flexibility index (Phi) is 5.84. The number of nitrogens with zero attached hydrogens (tertiary/aromatic N) is 4. The standard InChI is InChI=1S/C22H18N6O4/c1-2-32-22(29)14-6-3-7-15(12-14)26-20-19(28(30)31)21(25-13-24-20)27-18-10-4-9-17-16(18)8-5-11-23-17/h3-13H,2H2,1H3,(H2,24,25,26,27). The van der Waals surface area contributed by atoms with Crippen LogP contribution in [0.2, 0.25) is 0 Å². The molecule has 0 spiro atoms. The molecule has 0 amide bonds. The zero-order chi connectivity index (χ0) is 22.5. The minimum Gasteiger partial charge on any atom is -0.462 e. The molecule has 0 saturated heterocycles. The predicted octanol–water partition coefficient (Wildman–Crippen LogP) is 4.60. The fourth-order valence-electron chi connectivity index (χ4n) is 3.15. The van der Waals surface area contributed by atoms with Gasteiger partial charge in [-0.15, -0.1) is 0 Å². The minimum atomic E-state index is -0.566. The number of fused-ring (bicyclic) bond motifs is 1. The van der Waals surface area contributed by atoms with Gasteiger partial charge in [-0.25, -0.2) is 14.8 Å². The summed E-state index contributed by atoms with van der Waals surface area (Å²) in [5.41, 5.74) is 1.78. The maximum absolute atomic E-state index is 12.0. The molecule has 32 heavy (non-hydrogen) atoms. The van der Waals surface area contributed by atoms with Crippen LogP contribution in [0.3, 0.4) is 0 Å². The van der Waals surface area contributed by atoms with Crippen molar-refractivity contribution in [1.82, 2.24) is 15.0 Å². The summed E-state index contributed by atoms with van der Waals surface area (Å²) >= 11 is 0. The molecule has 2 N–H and O–H groups in total. The lowest BCUT2D eigenvalue weighted by Gasteiger charge is -2.12. The number of aromatic nitrogens is 3. The van der Waals surface area contributed by atoms with E-state index in [-0.39, 0.29) is 23.9 Å². The van der Waals surface area contributed by atoms with Crippen LogP contribution in [-0.2, 0) is 4.74 Å². The number of carbonyl (C=O) groups excluding carboxylic acids is 1. The molecule has 0 unspecified atom stereocenters. The van der Waals surface area contributed by atoms with Gasteiger partial charge in [-0.1, -0.05) is 12.1 Å². The minimum absolute atomic E-state index is 0.0189. The highest BCUT2D eigenvalue weighted by atomic mass is 16.6. The summed E-state index contributed by atoms with van der Waals surface area (Å²) in [6.07, 6.45) is 2.89. The van der Waals surface area contributed by atoms with E-state index >= 15 is 0 Å². The summed E-state index contributed by atoms with van der Waals surface area (Å²) in [6.45, 7) is 1.96. The van der Waals surface area contributed by atoms with E-state index in [0.29, 0.717) is 16.9 Å². The normalized spacial score (nSPS) is 10.5. The molecule has 10 heteroatoms. The number of anilines is 4. The van der Waals surface area contributed by atoms with E-state index in [0.717, 1.165) is 10.9 Å². The van der Waals surface area contributed by atoms with Gasteiger partial charge in [-0.3, -0.25) is 15.1 Å². The number of nitro groups is 1. The van der Waals surface area contributed by atoms with Crippen molar-refractivity contribution in [3.8, 4) is 0 Å². The van der Waals surface area contributed by atoms with Crippen LogP contribution in [-0.4, -0.2) is 32.5 Å². The van der Waals surface area contributed by atoms with Gasteiger partial charge in [0.25, 0.3) is 0 Å². The second-order valence-corrected chi connectivity index (χ2v) is 6.60. The van der Waals surface area contributed by atoms with Crippen LogP contribution in [0.4, 0.5) is 28.7 Å². The molecule has 10 nitrogen and oxygen atoms in total. The second-order valence-electron chi connectivity index (χ2n) is 6.60. The number of carbonyl (C=O) groups is 1. The Morgan fingerprint density at radius 2 is 1.81 bits per heavy atom. The summed E-state index contributed by atoms with van der Waals surface area (Å²) in [7, 11) is 0.